The Kier molecular flexibility index (Phi) is 8.73. The second kappa shape index (κ2) is 12.7. The van der Waals surface area contributed by atoms with Crippen molar-refractivity contribution in [2.75, 3.05) is 12.8 Å². The van der Waals surface area contributed by atoms with Crippen LogP contribution in [-0.2, 0) is 4.74 Å². The molecule has 0 spiro atoms. The molecule has 0 unspecified atom stereocenters. The summed E-state index contributed by atoms with van der Waals surface area (Å²) >= 11 is 0. The molecule has 5 rings (SSSR count). The van der Waals surface area contributed by atoms with E-state index in [9.17, 15) is 19.5 Å². The molecule has 0 heterocycles. The molecule has 40 heavy (non-hydrogen) atoms. The van der Waals surface area contributed by atoms with Gasteiger partial charge in [0, 0.05) is 5.69 Å². The molecule has 0 aliphatic rings. The lowest BCUT2D eigenvalue weighted by Crippen LogP contribution is -2.09. The number of rotatable bonds is 5. The predicted octanol–water partition coefficient (Wildman–Crippen LogP) is 6.04. The van der Waals surface area contributed by atoms with Gasteiger partial charge in [-0.2, -0.15) is 0 Å². The Morgan fingerprint density at radius 3 is 1.77 bits per heavy atom. The lowest BCUT2D eigenvalue weighted by Gasteiger charge is -2.09. The van der Waals surface area contributed by atoms with Gasteiger partial charge in [0.05, 0.1) is 18.2 Å². The van der Waals surface area contributed by atoms with E-state index in [0.29, 0.717) is 39.1 Å². The molecule has 5 aromatic rings. The SMILES string of the molecule is COC(=O)c1ccccc1N.O=C(Oc1ccccc1)c1ccc2cc(O)c(C(=O)Oc3ccccc3)cc2c1. The van der Waals surface area contributed by atoms with Gasteiger partial charge in [-0.3, -0.25) is 0 Å². The maximum Gasteiger partial charge on any atom is 0.347 e. The van der Waals surface area contributed by atoms with Crippen LogP contribution in [0, 0.1) is 0 Å². The van der Waals surface area contributed by atoms with E-state index in [1.807, 2.05) is 6.07 Å². The van der Waals surface area contributed by atoms with Crippen LogP contribution in [0.2, 0.25) is 0 Å². The van der Waals surface area contributed by atoms with Crippen molar-refractivity contribution >= 4 is 34.4 Å². The standard InChI is InChI=1S/C24H16O5.C8H9NO2/c25-22-15-16-11-12-17(23(26)28-19-7-3-1-4-8-19)13-18(16)14-21(22)24(27)29-20-9-5-2-6-10-20;1-11-8(10)6-4-2-3-5-7(6)9/h1-15,25H;2-5H,9H2,1H3. The van der Waals surface area contributed by atoms with Crippen LogP contribution in [-0.4, -0.2) is 30.1 Å². The van der Waals surface area contributed by atoms with Gasteiger partial charge in [-0.15, -0.1) is 0 Å². The zero-order chi connectivity index (χ0) is 28.5. The number of aromatic hydroxyl groups is 1. The number of para-hydroxylation sites is 3. The zero-order valence-corrected chi connectivity index (χ0v) is 21.4. The minimum Gasteiger partial charge on any atom is -0.507 e. The molecule has 200 valence electrons. The van der Waals surface area contributed by atoms with Gasteiger partial charge in [-0.25, -0.2) is 14.4 Å². The third-order valence-electron chi connectivity index (χ3n) is 5.68. The highest BCUT2D eigenvalue weighted by molar-refractivity contribution is 6.02. The summed E-state index contributed by atoms with van der Waals surface area (Å²) in [5.41, 5.74) is 6.69. The fraction of sp³-hybridized carbons (Fsp3) is 0.0312. The highest BCUT2D eigenvalue weighted by atomic mass is 16.5. The number of phenols is 1. The quantitative estimate of drug-likeness (QED) is 0.159. The number of nitrogen functional groups attached to an aromatic ring is 1. The number of hydrogen-bond acceptors (Lipinski definition) is 8. The van der Waals surface area contributed by atoms with Crippen molar-refractivity contribution in [3.05, 3.63) is 132 Å². The number of anilines is 1. The van der Waals surface area contributed by atoms with Crippen molar-refractivity contribution in [3.8, 4) is 17.2 Å². The van der Waals surface area contributed by atoms with E-state index in [-0.39, 0.29) is 11.3 Å². The van der Waals surface area contributed by atoms with Crippen LogP contribution in [0.25, 0.3) is 10.8 Å². The van der Waals surface area contributed by atoms with E-state index in [2.05, 4.69) is 4.74 Å². The third-order valence-corrected chi connectivity index (χ3v) is 5.68. The molecule has 3 N–H and O–H groups in total. The summed E-state index contributed by atoms with van der Waals surface area (Å²) in [6.45, 7) is 0. The van der Waals surface area contributed by atoms with Crippen molar-refractivity contribution in [2.24, 2.45) is 0 Å². The van der Waals surface area contributed by atoms with Gasteiger partial charge in [0.1, 0.15) is 22.8 Å². The summed E-state index contributed by atoms with van der Waals surface area (Å²) in [6.07, 6.45) is 0. The topological polar surface area (TPSA) is 125 Å². The van der Waals surface area contributed by atoms with Gasteiger partial charge in [-0.1, -0.05) is 54.6 Å². The van der Waals surface area contributed by atoms with Gasteiger partial charge >= 0.3 is 17.9 Å². The molecule has 0 fully saturated rings. The molecule has 0 aliphatic heterocycles. The molecular weight excluding hydrogens is 510 g/mol. The Morgan fingerprint density at radius 2 is 1.18 bits per heavy atom. The fourth-order valence-corrected chi connectivity index (χ4v) is 3.67. The zero-order valence-electron chi connectivity index (χ0n) is 21.4. The Hall–Kier alpha value is -5.63. The van der Waals surface area contributed by atoms with E-state index < -0.39 is 17.9 Å². The first-order valence-electron chi connectivity index (χ1n) is 12.1. The maximum atomic E-state index is 12.5. The summed E-state index contributed by atoms with van der Waals surface area (Å²) in [5.74, 6) is -0.985. The van der Waals surface area contributed by atoms with Crippen LogP contribution in [0.1, 0.15) is 31.1 Å². The number of hydrogen-bond donors (Lipinski definition) is 2. The van der Waals surface area contributed by atoms with Gasteiger partial charge in [0.15, 0.2) is 0 Å². The first-order valence-corrected chi connectivity index (χ1v) is 12.1. The highest BCUT2D eigenvalue weighted by Gasteiger charge is 2.16. The normalized spacial score (nSPS) is 10.1. The second-order valence-electron chi connectivity index (χ2n) is 8.42. The highest BCUT2D eigenvalue weighted by Crippen LogP contribution is 2.27. The van der Waals surface area contributed by atoms with Gasteiger partial charge in [-0.05, 0) is 71.4 Å². The van der Waals surface area contributed by atoms with Crippen molar-refractivity contribution in [1.29, 1.82) is 0 Å². The van der Waals surface area contributed by atoms with Crippen LogP contribution in [0.15, 0.2) is 115 Å². The minimum absolute atomic E-state index is 0.00919. The predicted molar refractivity (Wildman–Crippen MR) is 151 cm³/mol. The average molecular weight is 536 g/mol. The lowest BCUT2D eigenvalue weighted by molar-refractivity contribution is 0.0600. The number of nitrogens with two attached hydrogens (primary N) is 1. The third kappa shape index (κ3) is 6.81. The van der Waals surface area contributed by atoms with E-state index in [1.165, 1.54) is 19.2 Å². The molecule has 8 heteroatoms. The van der Waals surface area contributed by atoms with E-state index in [4.69, 9.17) is 15.2 Å². The molecule has 0 aromatic heterocycles. The molecule has 8 nitrogen and oxygen atoms in total. The maximum absolute atomic E-state index is 12.5. The van der Waals surface area contributed by atoms with Crippen LogP contribution >= 0.6 is 0 Å². The smallest absolute Gasteiger partial charge is 0.347 e. The number of phenolic OH excluding ortho intramolecular Hbond substituents is 1. The summed E-state index contributed by atoms with van der Waals surface area (Å²) in [4.78, 5) is 35.8. The largest absolute Gasteiger partial charge is 0.507 e. The Morgan fingerprint density at radius 1 is 0.600 bits per heavy atom. The second-order valence-corrected chi connectivity index (χ2v) is 8.42. The van der Waals surface area contributed by atoms with E-state index in [1.54, 1.807) is 97.1 Å². The Balaban J connectivity index is 0.000000283. The number of benzene rings is 5. The van der Waals surface area contributed by atoms with Crippen molar-refractivity contribution in [3.63, 3.8) is 0 Å². The Bertz CT molecular complexity index is 1650. The molecule has 0 atom stereocenters. The molecule has 0 aliphatic carbocycles. The van der Waals surface area contributed by atoms with Crippen molar-refractivity contribution < 1.29 is 33.7 Å². The number of ether oxygens (including phenoxy) is 3. The van der Waals surface area contributed by atoms with Crippen LogP contribution in [0.3, 0.4) is 0 Å². The fourth-order valence-electron chi connectivity index (χ4n) is 3.67. The average Bonchev–Trinajstić information content (AvgIpc) is 2.97. The molecule has 0 amide bonds. The molecule has 0 radical (unpaired) electrons. The monoisotopic (exact) mass is 535 g/mol. The molecule has 0 saturated heterocycles. The van der Waals surface area contributed by atoms with Gasteiger partial charge in [0.2, 0.25) is 0 Å². The first-order chi connectivity index (χ1) is 19.4. The summed E-state index contributed by atoms with van der Waals surface area (Å²) < 4.78 is 15.1. The van der Waals surface area contributed by atoms with Gasteiger partial charge < -0.3 is 25.1 Å². The Labute approximate surface area is 230 Å². The number of esters is 3. The summed E-state index contributed by atoms with van der Waals surface area (Å²) in [7, 11) is 1.33. The lowest BCUT2D eigenvalue weighted by atomic mass is 10.0. The molecule has 5 aromatic carbocycles. The van der Waals surface area contributed by atoms with Crippen molar-refractivity contribution in [2.45, 2.75) is 0 Å². The number of carbonyl (C=O) groups excluding carboxylic acids is 3. The van der Waals surface area contributed by atoms with E-state index >= 15 is 0 Å². The first kappa shape index (κ1) is 27.4. The van der Waals surface area contributed by atoms with Crippen LogP contribution in [0.5, 0.6) is 17.2 Å². The number of methoxy groups -OCH3 is 1. The van der Waals surface area contributed by atoms with Crippen molar-refractivity contribution in [1.82, 2.24) is 0 Å². The van der Waals surface area contributed by atoms with Gasteiger partial charge in [0.25, 0.3) is 0 Å². The van der Waals surface area contributed by atoms with E-state index in [0.717, 1.165) is 0 Å². The molecular formula is C32H25NO7. The van der Waals surface area contributed by atoms with Crippen LogP contribution in [0.4, 0.5) is 5.69 Å². The summed E-state index contributed by atoms with van der Waals surface area (Å²) in [6, 6.07) is 32.0. The molecule has 0 saturated carbocycles. The minimum atomic E-state index is -0.687. The number of fused-ring (bicyclic) bond motifs is 1. The van der Waals surface area contributed by atoms with Crippen LogP contribution < -0.4 is 15.2 Å². The summed E-state index contributed by atoms with van der Waals surface area (Å²) in [5, 5.41) is 11.5. The molecule has 0 bridgehead atoms. The number of carbonyl (C=O) groups is 3.